The lowest BCUT2D eigenvalue weighted by atomic mass is 10.0. The van der Waals surface area contributed by atoms with Crippen molar-refractivity contribution in [1.82, 2.24) is 25.4 Å². The van der Waals surface area contributed by atoms with Gasteiger partial charge in [0.1, 0.15) is 23.4 Å². The van der Waals surface area contributed by atoms with Gasteiger partial charge in [-0.3, -0.25) is 29.4 Å². The Hall–Kier alpha value is -6.23. The molecule has 3 aliphatic rings. The molecule has 0 radical (unpaired) electrons. The summed E-state index contributed by atoms with van der Waals surface area (Å²) in [5.74, 6) is -1.73. The zero-order valence-corrected chi connectivity index (χ0v) is 32.9. The summed E-state index contributed by atoms with van der Waals surface area (Å²) in [6.07, 6.45) is -3.93. The third kappa shape index (κ3) is 8.65. The molecule has 1 atom stereocenters. The van der Waals surface area contributed by atoms with Crippen LogP contribution in [0.25, 0.3) is 0 Å². The molecule has 4 heterocycles. The molecule has 3 aliphatic heterocycles. The first-order chi connectivity index (χ1) is 28.1. The summed E-state index contributed by atoms with van der Waals surface area (Å²) in [4.78, 5) is 59.4. The van der Waals surface area contributed by atoms with Crippen LogP contribution in [0.2, 0.25) is 0 Å². The topological polar surface area (TPSA) is 148 Å². The van der Waals surface area contributed by atoms with Gasteiger partial charge in [0.2, 0.25) is 11.8 Å². The van der Waals surface area contributed by atoms with E-state index in [-0.39, 0.29) is 65.3 Å². The highest BCUT2D eigenvalue weighted by molar-refractivity contribution is 6.05. The average Bonchev–Trinajstić information content (AvgIpc) is 3.52. The van der Waals surface area contributed by atoms with Gasteiger partial charge in [-0.25, -0.2) is 9.37 Å². The van der Waals surface area contributed by atoms with Crippen LogP contribution in [0.15, 0.2) is 60.8 Å². The minimum absolute atomic E-state index is 0.0422. The van der Waals surface area contributed by atoms with Gasteiger partial charge >= 0.3 is 6.18 Å². The maximum atomic E-state index is 15.9. The Morgan fingerprint density at radius 2 is 1.73 bits per heavy atom. The minimum atomic E-state index is -4.74. The Kier molecular flexibility index (Phi) is 11.5. The van der Waals surface area contributed by atoms with Crippen LogP contribution in [-0.4, -0.2) is 83.8 Å². The first kappa shape index (κ1) is 40.9. The number of halogens is 4. The van der Waals surface area contributed by atoms with Crippen molar-refractivity contribution in [3.8, 4) is 5.75 Å². The first-order valence-electron chi connectivity index (χ1n) is 19.3. The quantitative estimate of drug-likeness (QED) is 0.101. The molecule has 3 aromatic carbocycles. The number of para-hydroxylation sites is 1. The third-order valence-corrected chi connectivity index (χ3v) is 10.6. The van der Waals surface area contributed by atoms with E-state index < -0.39 is 41.3 Å². The molecule has 17 heteroatoms. The number of fused-ring (bicyclic) bond motifs is 1. The number of anilines is 5. The molecular formula is C42H44F4N8O5. The fourth-order valence-corrected chi connectivity index (χ4v) is 7.69. The van der Waals surface area contributed by atoms with Crippen molar-refractivity contribution in [2.24, 2.45) is 0 Å². The van der Waals surface area contributed by atoms with Crippen LogP contribution in [0.4, 0.5) is 46.1 Å². The van der Waals surface area contributed by atoms with Gasteiger partial charge in [0.15, 0.2) is 0 Å². The van der Waals surface area contributed by atoms with Crippen LogP contribution in [0.1, 0.15) is 69.7 Å². The van der Waals surface area contributed by atoms with Crippen molar-refractivity contribution < 1.29 is 41.5 Å². The average molecular weight is 817 g/mol. The predicted molar refractivity (Wildman–Crippen MR) is 213 cm³/mol. The minimum Gasteiger partial charge on any atom is -0.489 e. The maximum Gasteiger partial charge on any atom is 0.419 e. The van der Waals surface area contributed by atoms with E-state index in [2.05, 4.69) is 36.1 Å². The summed E-state index contributed by atoms with van der Waals surface area (Å²) in [5.41, 5.74) is 2.23. The number of imide groups is 1. The monoisotopic (exact) mass is 816 g/mol. The van der Waals surface area contributed by atoms with Crippen LogP contribution in [0, 0.1) is 12.7 Å². The van der Waals surface area contributed by atoms with Gasteiger partial charge in [-0.1, -0.05) is 18.2 Å². The normalized spacial score (nSPS) is 17.2. The molecule has 13 nitrogen and oxygen atoms in total. The molecule has 4 amide bonds. The van der Waals surface area contributed by atoms with Crippen molar-refractivity contribution >= 4 is 52.2 Å². The van der Waals surface area contributed by atoms with Crippen LogP contribution in [0.3, 0.4) is 0 Å². The van der Waals surface area contributed by atoms with Gasteiger partial charge in [-0.15, -0.1) is 0 Å². The number of carbonyl (C=O) groups is 4. The number of hydrogen-bond acceptors (Lipinski definition) is 10. The number of nitrogens with zero attached hydrogens (tertiary/aromatic N) is 4. The maximum absolute atomic E-state index is 15.9. The van der Waals surface area contributed by atoms with Gasteiger partial charge in [-0.2, -0.15) is 13.2 Å². The number of rotatable bonds is 11. The van der Waals surface area contributed by atoms with E-state index in [4.69, 9.17) is 4.74 Å². The molecule has 0 saturated carbocycles. The number of piperidine rings is 1. The van der Waals surface area contributed by atoms with Crippen molar-refractivity contribution in [2.75, 3.05) is 48.8 Å². The molecule has 2 saturated heterocycles. The van der Waals surface area contributed by atoms with E-state index >= 15 is 4.39 Å². The van der Waals surface area contributed by atoms with Gasteiger partial charge in [-0.05, 0) is 57.0 Å². The van der Waals surface area contributed by atoms with Gasteiger partial charge in [0, 0.05) is 86.9 Å². The fourth-order valence-electron chi connectivity index (χ4n) is 7.69. The van der Waals surface area contributed by atoms with E-state index in [1.54, 1.807) is 24.3 Å². The third-order valence-electron chi connectivity index (χ3n) is 10.6. The fraction of sp³-hybridized carbons (Fsp3) is 0.357. The number of benzene rings is 3. The number of carbonyl (C=O) groups excluding carboxylic acids is 4. The van der Waals surface area contributed by atoms with Crippen LogP contribution < -0.4 is 30.9 Å². The molecule has 0 aliphatic carbocycles. The summed E-state index contributed by atoms with van der Waals surface area (Å²) in [6.45, 7) is 8.35. The van der Waals surface area contributed by atoms with Crippen molar-refractivity contribution in [3.05, 3.63) is 100.0 Å². The van der Waals surface area contributed by atoms with Crippen molar-refractivity contribution in [2.45, 2.75) is 65.0 Å². The Bertz CT molecular complexity index is 2310. The zero-order chi connectivity index (χ0) is 42.2. The molecule has 310 valence electrons. The summed E-state index contributed by atoms with van der Waals surface area (Å²) < 4.78 is 64.6. The van der Waals surface area contributed by atoms with E-state index in [9.17, 15) is 32.3 Å². The molecule has 1 unspecified atom stereocenters. The largest absolute Gasteiger partial charge is 0.489 e. The summed E-state index contributed by atoms with van der Waals surface area (Å²) in [5, 5.41) is 10.7. The number of aromatic nitrogens is 1. The molecule has 1 aromatic heterocycles. The van der Waals surface area contributed by atoms with Crippen molar-refractivity contribution in [3.63, 3.8) is 0 Å². The van der Waals surface area contributed by atoms with Crippen LogP contribution in [0.5, 0.6) is 5.75 Å². The van der Waals surface area contributed by atoms with E-state index in [1.165, 1.54) is 30.1 Å². The number of nitrogens with one attached hydrogen (secondary N) is 4. The Morgan fingerprint density at radius 1 is 0.983 bits per heavy atom. The molecule has 0 spiro atoms. The van der Waals surface area contributed by atoms with Crippen LogP contribution in [-0.2, 0) is 28.9 Å². The number of alkyl halides is 3. The number of aryl methyl sites for hydroxylation is 1. The summed E-state index contributed by atoms with van der Waals surface area (Å²) in [6, 6.07) is 13.6. The van der Waals surface area contributed by atoms with Gasteiger partial charge < -0.3 is 30.5 Å². The first-order valence-corrected chi connectivity index (χ1v) is 19.3. The van der Waals surface area contributed by atoms with Crippen molar-refractivity contribution in [1.29, 1.82) is 0 Å². The molecule has 4 N–H and O–H groups in total. The second kappa shape index (κ2) is 16.6. The smallest absolute Gasteiger partial charge is 0.419 e. The number of piperazine rings is 1. The van der Waals surface area contributed by atoms with E-state index in [0.717, 1.165) is 17.4 Å². The predicted octanol–water partition coefficient (Wildman–Crippen LogP) is 6.27. The van der Waals surface area contributed by atoms with E-state index in [0.29, 0.717) is 49.7 Å². The Morgan fingerprint density at radius 3 is 2.42 bits per heavy atom. The summed E-state index contributed by atoms with van der Waals surface area (Å²) >= 11 is 0. The van der Waals surface area contributed by atoms with E-state index in [1.807, 2.05) is 32.9 Å². The van der Waals surface area contributed by atoms with Crippen LogP contribution >= 0.6 is 0 Å². The molecule has 7 rings (SSSR count). The Labute approximate surface area is 338 Å². The molecule has 59 heavy (non-hydrogen) atoms. The second-order valence-corrected chi connectivity index (χ2v) is 15.0. The highest BCUT2D eigenvalue weighted by Crippen LogP contribution is 2.40. The zero-order valence-electron chi connectivity index (χ0n) is 32.9. The number of amides is 4. The lowest BCUT2D eigenvalue weighted by molar-refractivity contribution is -0.138. The molecule has 2 fully saturated rings. The Balaban J connectivity index is 1.06. The highest BCUT2D eigenvalue weighted by Gasteiger charge is 2.41. The number of ether oxygens (including phenoxy) is 1. The number of pyridine rings is 1. The SMILES string of the molecule is CNC(=O)c1ccccc1Nc1cc(Nc2cc(C)c(N3CCN(Cc4ccc5c(c4F)CN(C4CCC(=O)NC4=O)C5=O)CC3)cc2OC(C)C)ncc1C(F)(F)F. The van der Waals surface area contributed by atoms with Gasteiger partial charge in [0.25, 0.3) is 11.8 Å². The molecule has 0 bridgehead atoms. The summed E-state index contributed by atoms with van der Waals surface area (Å²) in [7, 11) is 1.44. The lowest BCUT2D eigenvalue weighted by Gasteiger charge is -2.37. The van der Waals surface area contributed by atoms with Gasteiger partial charge in [0.05, 0.1) is 40.8 Å². The molecular weight excluding hydrogens is 773 g/mol. The standard InChI is InChI=1S/C42H44F4N8O5/c1-23(2)59-35-19-34(24(3)17-32(35)50-36-18-31(29(20-48-36)42(44,45)46)49-30-8-6-5-7-27(30)39(56)47-4)53-15-13-52(14-16-53)21-25-9-10-26-28(38(25)43)22-54(41(26)58)33-11-12-37(55)51-40(33)57/h5-10,17-20,23,33H,11-16,21-22H2,1-4H3,(H,47,56)(H2,48,49,50)(H,51,55,57). The number of hydrogen-bond donors (Lipinski definition) is 4. The molecule has 4 aromatic rings. The highest BCUT2D eigenvalue weighted by atomic mass is 19.4. The lowest BCUT2D eigenvalue weighted by Crippen LogP contribution is -2.52. The second-order valence-electron chi connectivity index (χ2n) is 15.0.